The van der Waals surface area contributed by atoms with Gasteiger partial charge in [-0.2, -0.15) is 5.10 Å². The van der Waals surface area contributed by atoms with E-state index in [4.69, 9.17) is 9.47 Å². The lowest BCUT2D eigenvalue weighted by atomic mass is 10.2. The molecule has 1 unspecified atom stereocenters. The number of ether oxygens (including phenoxy) is 2. The van der Waals surface area contributed by atoms with Gasteiger partial charge in [0.15, 0.2) is 6.23 Å². The Morgan fingerprint density at radius 3 is 2.56 bits per heavy atom. The number of carbonyl (C=O) groups is 2. The van der Waals surface area contributed by atoms with Crippen molar-refractivity contribution in [3.8, 4) is 11.4 Å². The zero-order valence-electron chi connectivity index (χ0n) is 19.6. The maximum atomic E-state index is 12.9. The van der Waals surface area contributed by atoms with Gasteiger partial charge in [-0.05, 0) is 76.4 Å². The summed E-state index contributed by atoms with van der Waals surface area (Å²) in [5.41, 5.74) is 2.12. The van der Waals surface area contributed by atoms with Crippen molar-refractivity contribution in [2.24, 2.45) is 0 Å². The van der Waals surface area contributed by atoms with Crippen LogP contribution in [0.15, 0.2) is 54.7 Å². The summed E-state index contributed by atoms with van der Waals surface area (Å²) < 4.78 is 13.0. The third-order valence-electron chi connectivity index (χ3n) is 5.11. The fourth-order valence-corrected chi connectivity index (χ4v) is 3.66. The Morgan fingerprint density at radius 1 is 1.06 bits per heavy atom. The molecule has 178 valence electrons. The zero-order chi connectivity index (χ0) is 24.1. The van der Waals surface area contributed by atoms with Crippen LogP contribution in [-0.4, -0.2) is 39.0 Å². The van der Waals surface area contributed by atoms with Crippen molar-refractivity contribution in [3.63, 3.8) is 0 Å². The van der Waals surface area contributed by atoms with Gasteiger partial charge in [0.1, 0.15) is 11.3 Å². The van der Waals surface area contributed by atoms with Gasteiger partial charge in [0.2, 0.25) is 0 Å². The molecule has 4 rings (SSSR count). The Hall–Kier alpha value is -3.72. The third kappa shape index (κ3) is 5.99. The van der Waals surface area contributed by atoms with Gasteiger partial charge in [-0.15, -0.1) is 0 Å². The van der Waals surface area contributed by atoms with Crippen molar-refractivity contribution in [1.82, 2.24) is 14.8 Å². The molecule has 3 heterocycles. The highest BCUT2D eigenvalue weighted by molar-refractivity contribution is 6.03. The number of rotatable bonds is 5. The smallest absolute Gasteiger partial charge is 0.412 e. The molecule has 1 saturated heterocycles. The van der Waals surface area contributed by atoms with E-state index in [0.29, 0.717) is 23.7 Å². The molecule has 0 radical (unpaired) electrons. The molecular formula is C25H29N5O4. The lowest BCUT2D eigenvalue weighted by Gasteiger charge is -2.24. The molecule has 2 amide bonds. The highest BCUT2D eigenvalue weighted by Gasteiger charge is 2.21. The molecule has 0 bridgehead atoms. The van der Waals surface area contributed by atoms with E-state index in [1.165, 1.54) is 0 Å². The van der Waals surface area contributed by atoms with E-state index in [1.807, 2.05) is 16.8 Å². The first-order chi connectivity index (χ1) is 16.3. The summed E-state index contributed by atoms with van der Waals surface area (Å²) in [6.07, 6.45) is 4.05. The average molecular weight is 464 g/mol. The maximum Gasteiger partial charge on any atom is 0.412 e. The number of carbonyl (C=O) groups excluding carboxylic acids is 2. The van der Waals surface area contributed by atoms with Gasteiger partial charge in [-0.3, -0.25) is 10.1 Å². The zero-order valence-corrected chi connectivity index (χ0v) is 19.6. The van der Waals surface area contributed by atoms with E-state index in [0.717, 1.165) is 25.0 Å². The van der Waals surface area contributed by atoms with Crippen LogP contribution in [0.3, 0.4) is 0 Å². The van der Waals surface area contributed by atoms with Crippen LogP contribution in [0.2, 0.25) is 0 Å². The first-order valence-electron chi connectivity index (χ1n) is 11.3. The van der Waals surface area contributed by atoms with Crippen LogP contribution >= 0.6 is 0 Å². The number of aromatic nitrogens is 3. The third-order valence-corrected chi connectivity index (χ3v) is 5.11. The van der Waals surface area contributed by atoms with Gasteiger partial charge in [0.25, 0.3) is 5.91 Å². The number of nitrogens with zero attached hydrogens (tertiary/aromatic N) is 3. The minimum atomic E-state index is -0.606. The van der Waals surface area contributed by atoms with Crippen LogP contribution in [-0.2, 0) is 9.47 Å². The van der Waals surface area contributed by atoms with Gasteiger partial charge in [0.05, 0.1) is 11.4 Å². The SMILES string of the molecule is CC(C)(C)OC(=O)Nc1cccc(NC(=O)c2cccc(-c3ccnn3C3CCCCO3)n2)c1. The predicted molar refractivity (Wildman–Crippen MR) is 129 cm³/mol. The summed E-state index contributed by atoms with van der Waals surface area (Å²) in [7, 11) is 0. The van der Waals surface area contributed by atoms with Crippen molar-refractivity contribution in [3.05, 3.63) is 60.4 Å². The van der Waals surface area contributed by atoms with Gasteiger partial charge in [0, 0.05) is 24.2 Å². The summed E-state index contributed by atoms with van der Waals surface area (Å²) in [4.78, 5) is 29.5. The van der Waals surface area contributed by atoms with Crippen molar-refractivity contribution in [2.75, 3.05) is 17.2 Å². The lowest BCUT2D eigenvalue weighted by molar-refractivity contribution is -0.0384. The Morgan fingerprint density at radius 2 is 1.82 bits per heavy atom. The molecule has 1 aliphatic heterocycles. The van der Waals surface area contributed by atoms with Gasteiger partial charge in [-0.1, -0.05) is 12.1 Å². The second-order valence-corrected chi connectivity index (χ2v) is 9.05. The van der Waals surface area contributed by atoms with Gasteiger partial charge in [-0.25, -0.2) is 14.5 Å². The Balaban J connectivity index is 1.47. The topological polar surface area (TPSA) is 107 Å². The van der Waals surface area contributed by atoms with E-state index in [9.17, 15) is 9.59 Å². The number of amides is 2. The fourth-order valence-electron chi connectivity index (χ4n) is 3.66. The molecule has 2 N–H and O–H groups in total. The maximum absolute atomic E-state index is 12.9. The van der Waals surface area contributed by atoms with Crippen molar-refractivity contribution < 1.29 is 19.1 Å². The highest BCUT2D eigenvalue weighted by atomic mass is 16.6. The number of anilines is 2. The lowest BCUT2D eigenvalue weighted by Crippen LogP contribution is -2.27. The van der Waals surface area contributed by atoms with Crippen LogP contribution in [0.4, 0.5) is 16.2 Å². The molecule has 0 spiro atoms. The number of hydrogen-bond donors (Lipinski definition) is 2. The van der Waals surface area contributed by atoms with Crippen molar-refractivity contribution >= 4 is 23.4 Å². The van der Waals surface area contributed by atoms with Crippen LogP contribution in [0, 0.1) is 0 Å². The largest absolute Gasteiger partial charge is 0.444 e. The summed E-state index contributed by atoms with van der Waals surface area (Å²) in [6.45, 7) is 6.08. The first-order valence-corrected chi connectivity index (χ1v) is 11.3. The molecule has 3 aromatic rings. The number of benzene rings is 1. The molecule has 2 aromatic heterocycles. The first kappa shape index (κ1) is 23.4. The number of hydrogen-bond acceptors (Lipinski definition) is 6. The van der Waals surface area contributed by atoms with E-state index in [2.05, 4.69) is 20.7 Å². The predicted octanol–water partition coefficient (Wildman–Crippen LogP) is 5.24. The van der Waals surface area contributed by atoms with Crippen LogP contribution in [0.5, 0.6) is 0 Å². The fraction of sp³-hybridized carbons (Fsp3) is 0.360. The van der Waals surface area contributed by atoms with E-state index in [1.54, 1.807) is 63.4 Å². The van der Waals surface area contributed by atoms with Crippen LogP contribution < -0.4 is 10.6 Å². The van der Waals surface area contributed by atoms with Crippen LogP contribution in [0.1, 0.15) is 56.8 Å². The molecule has 9 heteroatoms. The molecule has 1 aromatic carbocycles. The summed E-state index contributed by atoms with van der Waals surface area (Å²) >= 11 is 0. The Labute approximate surface area is 198 Å². The number of nitrogens with one attached hydrogen (secondary N) is 2. The minimum Gasteiger partial charge on any atom is -0.444 e. The normalized spacial score (nSPS) is 16.0. The molecule has 1 aliphatic rings. The second kappa shape index (κ2) is 10.0. The highest BCUT2D eigenvalue weighted by Crippen LogP contribution is 2.27. The molecule has 0 aliphatic carbocycles. The van der Waals surface area contributed by atoms with Crippen molar-refractivity contribution in [2.45, 2.75) is 51.9 Å². The minimum absolute atomic E-state index is 0.127. The standard InChI is InChI=1S/C25H29N5O4/c1-25(2,3)34-24(32)28-18-9-6-8-17(16-18)27-23(31)20-11-7-10-19(29-20)21-13-14-26-30(21)22-12-4-5-15-33-22/h6-11,13-14,16,22H,4-5,12,15H2,1-3H3,(H,27,31)(H,28,32). The Kier molecular flexibility index (Phi) is 6.93. The molecular weight excluding hydrogens is 434 g/mol. The average Bonchev–Trinajstić information content (AvgIpc) is 3.29. The summed E-state index contributed by atoms with van der Waals surface area (Å²) in [5.74, 6) is -0.365. The second-order valence-electron chi connectivity index (χ2n) is 9.05. The quantitative estimate of drug-likeness (QED) is 0.536. The molecule has 0 saturated carbocycles. The number of pyridine rings is 1. The summed E-state index contributed by atoms with van der Waals surface area (Å²) in [5, 5.41) is 9.92. The van der Waals surface area contributed by atoms with Gasteiger partial charge >= 0.3 is 6.09 Å². The summed E-state index contributed by atoms with van der Waals surface area (Å²) in [6, 6.07) is 14.0. The molecule has 34 heavy (non-hydrogen) atoms. The molecule has 1 fully saturated rings. The van der Waals surface area contributed by atoms with Crippen molar-refractivity contribution in [1.29, 1.82) is 0 Å². The van der Waals surface area contributed by atoms with E-state index in [-0.39, 0.29) is 17.8 Å². The van der Waals surface area contributed by atoms with Gasteiger partial charge < -0.3 is 14.8 Å². The molecule has 9 nitrogen and oxygen atoms in total. The van der Waals surface area contributed by atoms with E-state index >= 15 is 0 Å². The monoisotopic (exact) mass is 463 g/mol. The van der Waals surface area contributed by atoms with E-state index < -0.39 is 11.7 Å². The molecule has 1 atom stereocenters. The van der Waals surface area contributed by atoms with Crippen LogP contribution in [0.25, 0.3) is 11.4 Å². The Bertz CT molecular complexity index is 1160.